The lowest BCUT2D eigenvalue weighted by atomic mass is 9.80. The molecule has 102 valence electrons. The summed E-state index contributed by atoms with van der Waals surface area (Å²) in [5, 5.41) is 0. The second kappa shape index (κ2) is 6.69. The Morgan fingerprint density at radius 3 is 2.18 bits per heavy atom. The Labute approximate surface area is 106 Å². The van der Waals surface area contributed by atoms with Gasteiger partial charge in [-0.1, -0.05) is 26.7 Å². The van der Waals surface area contributed by atoms with E-state index in [0.29, 0.717) is 12.0 Å². The summed E-state index contributed by atoms with van der Waals surface area (Å²) in [4.78, 5) is 2.50. The van der Waals surface area contributed by atoms with Crippen molar-refractivity contribution in [2.45, 2.75) is 52.1 Å². The molecule has 0 spiro atoms. The number of nitrogens with one attached hydrogen (secondary N) is 1. The molecule has 1 aliphatic heterocycles. The number of rotatable bonds is 6. The molecule has 3 N–H and O–H groups in total. The van der Waals surface area contributed by atoms with Gasteiger partial charge >= 0.3 is 0 Å². The third-order valence-corrected chi connectivity index (χ3v) is 4.29. The third kappa shape index (κ3) is 3.41. The first-order valence-corrected chi connectivity index (χ1v) is 6.86. The molecule has 1 atom stereocenters. The fourth-order valence-corrected chi connectivity index (χ4v) is 3.01. The van der Waals surface area contributed by atoms with Gasteiger partial charge < -0.3 is 4.74 Å². The van der Waals surface area contributed by atoms with Crippen LogP contribution in [0.15, 0.2) is 0 Å². The summed E-state index contributed by atoms with van der Waals surface area (Å²) >= 11 is 0. The molecule has 0 aromatic heterocycles. The van der Waals surface area contributed by atoms with Crippen molar-refractivity contribution in [3.63, 3.8) is 0 Å². The van der Waals surface area contributed by atoms with Gasteiger partial charge in [-0.15, -0.1) is 0 Å². The molecule has 4 nitrogen and oxygen atoms in total. The number of hydrogen-bond donors (Lipinski definition) is 2. The molecule has 1 heterocycles. The first-order valence-electron chi connectivity index (χ1n) is 6.86. The van der Waals surface area contributed by atoms with E-state index in [1.807, 2.05) is 0 Å². The predicted molar refractivity (Wildman–Crippen MR) is 71.7 cm³/mol. The summed E-state index contributed by atoms with van der Waals surface area (Å²) in [6.07, 6.45) is 2.33. The number of hydrogen-bond acceptors (Lipinski definition) is 4. The molecule has 0 aliphatic carbocycles. The van der Waals surface area contributed by atoms with Gasteiger partial charge in [0, 0.05) is 24.7 Å². The molecular weight excluding hydrogens is 214 g/mol. The van der Waals surface area contributed by atoms with E-state index in [9.17, 15) is 0 Å². The summed E-state index contributed by atoms with van der Waals surface area (Å²) in [6, 6.07) is 0.329. The van der Waals surface area contributed by atoms with Crippen molar-refractivity contribution in [2.75, 3.05) is 26.3 Å². The van der Waals surface area contributed by atoms with E-state index in [4.69, 9.17) is 10.6 Å². The van der Waals surface area contributed by atoms with Crippen LogP contribution >= 0.6 is 0 Å². The van der Waals surface area contributed by atoms with Gasteiger partial charge in [-0.3, -0.25) is 16.2 Å². The molecule has 0 radical (unpaired) electrons. The summed E-state index contributed by atoms with van der Waals surface area (Å²) < 4.78 is 5.43. The average molecular weight is 243 g/mol. The van der Waals surface area contributed by atoms with Crippen molar-refractivity contribution in [1.29, 1.82) is 0 Å². The highest BCUT2D eigenvalue weighted by Crippen LogP contribution is 2.28. The van der Waals surface area contributed by atoms with Gasteiger partial charge in [-0.05, 0) is 19.8 Å². The Morgan fingerprint density at radius 1 is 1.24 bits per heavy atom. The SMILES string of the molecule is CCC(CC)C(NN)C(C)(C)N1CCOCC1. The van der Waals surface area contributed by atoms with Crippen LogP contribution in [0.4, 0.5) is 0 Å². The maximum absolute atomic E-state index is 5.81. The van der Waals surface area contributed by atoms with E-state index >= 15 is 0 Å². The number of hydrazine groups is 1. The zero-order valence-corrected chi connectivity index (χ0v) is 11.8. The van der Waals surface area contributed by atoms with Crippen LogP contribution in [0.2, 0.25) is 0 Å². The minimum Gasteiger partial charge on any atom is -0.379 e. The van der Waals surface area contributed by atoms with Crippen LogP contribution < -0.4 is 11.3 Å². The fraction of sp³-hybridized carbons (Fsp3) is 1.00. The van der Waals surface area contributed by atoms with Crippen LogP contribution in [-0.2, 0) is 4.74 Å². The van der Waals surface area contributed by atoms with Crippen LogP contribution in [0.3, 0.4) is 0 Å². The molecule has 17 heavy (non-hydrogen) atoms. The smallest absolute Gasteiger partial charge is 0.0594 e. The number of ether oxygens (including phenoxy) is 1. The van der Waals surface area contributed by atoms with Crippen LogP contribution in [-0.4, -0.2) is 42.8 Å². The topological polar surface area (TPSA) is 50.5 Å². The van der Waals surface area contributed by atoms with E-state index in [2.05, 4.69) is 38.0 Å². The van der Waals surface area contributed by atoms with Crippen molar-refractivity contribution in [2.24, 2.45) is 11.8 Å². The highest BCUT2D eigenvalue weighted by molar-refractivity contribution is 4.96. The van der Waals surface area contributed by atoms with Gasteiger partial charge in [0.25, 0.3) is 0 Å². The molecule has 1 aliphatic rings. The Bertz CT molecular complexity index is 211. The number of morpholine rings is 1. The zero-order valence-electron chi connectivity index (χ0n) is 11.8. The molecule has 4 heteroatoms. The van der Waals surface area contributed by atoms with Gasteiger partial charge in [-0.2, -0.15) is 0 Å². The Hall–Kier alpha value is -0.160. The lowest BCUT2D eigenvalue weighted by Gasteiger charge is -2.48. The first kappa shape index (κ1) is 14.9. The Morgan fingerprint density at radius 2 is 1.76 bits per heavy atom. The van der Waals surface area contributed by atoms with E-state index in [1.54, 1.807) is 0 Å². The van der Waals surface area contributed by atoms with Gasteiger partial charge in [0.15, 0.2) is 0 Å². The van der Waals surface area contributed by atoms with Crippen molar-refractivity contribution in [3.8, 4) is 0 Å². The highest BCUT2D eigenvalue weighted by Gasteiger charge is 2.38. The molecule has 0 bridgehead atoms. The van der Waals surface area contributed by atoms with Gasteiger partial charge in [-0.25, -0.2) is 0 Å². The highest BCUT2D eigenvalue weighted by atomic mass is 16.5. The molecule has 0 aromatic rings. The molecule has 0 amide bonds. The van der Waals surface area contributed by atoms with Crippen LogP contribution in [0.5, 0.6) is 0 Å². The predicted octanol–water partition coefficient (Wildman–Crippen LogP) is 1.37. The van der Waals surface area contributed by atoms with E-state index in [0.717, 1.165) is 26.3 Å². The molecule has 0 saturated carbocycles. The molecule has 1 fully saturated rings. The Kier molecular flexibility index (Phi) is 5.86. The largest absolute Gasteiger partial charge is 0.379 e. The van der Waals surface area contributed by atoms with E-state index in [1.165, 1.54) is 12.8 Å². The lowest BCUT2D eigenvalue weighted by molar-refractivity contribution is -0.0323. The summed E-state index contributed by atoms with van der Waals surface area (Å²) in [7, 11) is 0. The first-order chi connectivity index (χ1) is 8.07. The maximum atomic E-state index is 5.81. The van der Waals surface area contributed by atoms with Crippen molar-refractivity contribution in [3.05, 3.63) is 0 Å². The molecule has 1 rings (SSSR count). The van der Waals surface area contributed by atoms with Gasteiger partial charge in [0.2, 0.25) is 0 Å². The normalized spacial score (nSPS) is 20.8. The van der Waals surface area contributed by atoms with E-state index in [-0.39, 0.29) is 5.54 Å². The van der Waals surface area contributed by atoms with Crippen LogP contribution in [0.25, 0.3) is 0 Å². The van der Waals surface area contributed by atoms with E-state index < -0.39 is 0 Å². The van der Waals surface area contributed by atoms with Crippen molar-refractivity contribution in [1.82, 2.24) is 10.3 Å². The van der Waals surface area contributed by atoms with Crippen molar-refractivity contribution < 1.29 is 4.74 Å². The van der Waals surface area contributed by atoms with Gasteiger partial charge in [0.1, 0.15) is 0 Å². The quantitative estimate of drug-likeness (QED) is 0.546. The Balaban J connectivity index is 2.75. The number of nitrogens with zero attached hydrogens (tertiary/aromatic N) is 1. The second-order valence-corrected chi connectivity index (χ2v) is 5.47. The van der Waals surface area contributed by atoms with Crippen molar-refractivity contribution >= 4 is 0 Å². The summed E-state index contributed by atoms with van der Waals surface area (Å²) in [5.41, 5.74) is 3.14. The third-order valence-electron chi connectivity index (χ3n) is 4.29. The zero-order chi connectivity index (χ0) is 12.9. The second-order valence-electron chi connectivity index (χ2n) is 5.47. The summed E-state index contributed by atoms with van der Waals surface area (Å²) in [6.45, 7) is 12.8. The average Bonchev–Trinajstić information content (AvgIpc) is 2.36. The minimum absolute atomic E-state index is 0.0786. The summed E-state index contributed by atoms with van der Waals surface area (Å²) in [5.74, 6) is 6.43. The standard InChI is InChI=1S/C13H29N3O/c1-5-11(6-2)12(15-14)13(3,4)16-7-9-17-10-8-16/h11-12,15H,5-10,14H2,1-4H3. The molecule has 1 unspecified atom stereocenters. The lowest BCUT2D eigenvalue weighted by Crippen LogP contribution is -2.64. The number of nitrogens with two attached hydrogens (primary N) is 1. The fourth-order valence-electron chi connectivity index (χ4n) is 3.01. The monoisotopic (exact) mass is 243 g/mol. The minimum atomic E-state index is 0.0786. The van der Waals surface area contributed by atoms with Crippen LogP contribution in [0.1, 0.15) is 40.5 Å². The maximum Gasteiger partial charge on any atom is 0.0594 e. The van der Waals surface area contributed by atoms with Gasteiger partial charge in [0.05, 0.1) is 13.2 Å². The molecular formula is C13H29N3O. The molecule has 1 saturated heterocycles. The van der Waals surface area contributed by atoms with Crippen LogP contribution in [0, 0.1) is 5.92 Å². The molecule has 0 aromatic carbocycles.